The fourth-order valence-electron chi connectivity index (χ4n) is 6.03. The lowest BCUT2D eigenvalue weighted by Crippen LogP contribution is -2.56. The molecule has 0 bridgehead atoms. The molecule has 1 fully saturated rings. The van der Waals surface area contributed by atoms with Crippen LogP contribution in [-0.4, -0.2) is 84.4 Å². The van der Waals surface area contributed by atoms with Gasteiger partial charge in [-0.3, -0.25) is 9.59 Å². The molecule has 4 rings (SSSR count). The Bertz CT molecular complexity index is 1350. The second kappa shape index (κ2) is 19.1. The molecule has 3 N–H and O–H groups in total. The highest BCUT2D eigenvalue weighted by Gasteiger charge is 2.39. The summed E-state index contributed by atoms with van der Waals surface area (Å²) in [5.41, 5.74) is 2.37. The maximum atomic E-state index is 14.2. The van der Waals surface area contributed by atoms with Crippen molar-refractivity contribution in [3.8, 4) is 0 Å². The average Bonchev–Trinajstić information content (AvgIpc) is 3.10. The molecule has 3 aromatic rings. The Morgan fingerprint density at radius 1 is 0.755 bits per heavy atom. The summed E-state index contributed by atoms with van der Waals surface area (Å²) in [5.74, 6) is 0.256. The number of alkyl carbamates (subject to hydrolysis) is 1. The van der Waals surface area contributed by atoms with Crippen LogP contribution in [0.2, 0.25) is 0 Å². The Balaban J connectivity index is 1.62. The molecule has 0 aromatic heterocycles. The first-order valence-electron chi connectivity index (χ1n) is 17.2. The predicted molar refractivity (Wildman–Crippen MR) is 203 cm³/mol. The first kappa shape index (κ1) is 38.3. The Hall–Kier alpha value is -3.47. The van der Waals surface area contributed by atoms with Gasteiger partial charge in [0.05, 0.1) is 4.75 Å². The zero-order valence-corrected chi connectivity index (χ0v) is 30.9. The van der Waals surface area contributed by atoms with Crippen LogP contribution in [0.25, 0.3) is 0 Å². The minimum Gasteiger partial charge on any atom is -0.444 e. The molecule has 2 atom stereocenters. The van der Waals surface area contributed by atoms with E-state index in [1.165, 1.54) is 19.3 Å². The van der Waals surface area contributed by atoms with Gasteiger partial charge in [0.2, 0.25) is 11.8 Å². The van der Waals surface area contributed by atoms with Gasteiger partial charge in [-0.15, -0.1) is 11.8 Å². The molecular weight excluding hydrogens is 653 g/mol. The van der Waals surface area contributed by atoms with E-state index >= 15 is 0 Å². The molecule has 1 aliphatic heterocycles. The number of amides is 3. The van der Waals surface area contributed by atoms with Crippen molar-refractivity contribution in [2.24, 2.45) is 0 Å². The largest absolute Gasteiger partial charge is 0.444 e. The molecule has 8 nitrogen and oxygen atoms in total. The van der Waals surface area contributed by atoms with Crippen molar-refractivity contribution in [2.75, 3.05) is 43.9 Å². The number of carbonyl (C=O) groups is 3. The highest BCUT2D eigenvalue weighted by Crippen LogP contribution is 2.48. The van der Waals surface area contributed by atoms with Gasteiger partial charge in [-0.25, -0.2) is 4.79 Å². The van der Waals surface area contributed by atoms with Crippen molar-refractivity contribution < 1.29 is 19.1 Å². The van der Waals surface area contributed by atoms with Gasteiger partial charge >= 0.3 is 6.09 Å². The SMILES string of the molecule is CSCC[C@H](NC(=O)[C@H](CSC(c1ccccc1)(c1ccccc1)c1ccccc1)NC(=O)OC(C)(C)C)C(=O)NCCN1CCCCC1. The van der Waals surface area contributed by atoms with E-state index in [4.69, 9.17) is 4.74 Å². The lowest BCUT2D eigenvalue weighted by atomic mass is 9.84. The van der Waals surface area contributed by atoms with Gasteiger partial charge in [0.25, 0.3) is 0 Å². The van der Waals surface area contributed by atoms with Gasteiger partial charge in [0.15, 0.2) is 0 Å². The predicted octanol–water partition coefficient (Wildman–Crippen LogP) is 6.45. The third-order valence-corrected chi connectivity index (χ3v) is 10.7. The lowest BCUT2D eigenvalue weighted by Gasteiger charge is -2.36. The van der Waals surface area contributed by atoms with E-state index in [9.17, 15) is 14.4 Å². The van der Waals surface area contributed by atoms with E-state index < -0.39 is 34.4 Å². The van der Waals surface area contributed by atoms with E-state index in [0.29, 0.717) is 18.7 Å². The summed E-state index contributed by atoms with van der Waals surface area (Å²) in [6, 6.07) is 28.9. The molecule has 10 heteroatoms. The van der Waals surface area contributed by atoms with Crippen LogP contribution in [0.5, 0.6) is 0 Å². The minimum absolute atomic E-state index is 0.204. The molecule has 3 amide bonds. The van der Waals surface area contributed by atoms with Crippen LogP contribution < -0.4 is 16.0 Å². The van der Waals surface area contributed by atoms with E-state index in [2.05, 4.69) is 57.2 Å². The number of rotatable bonds is 16. The molecule has 0 spiro atoms. The number of nitrogens with zero attached hydrogens (tertiary/aromatic N) is 1. The molecule has 264 valence electrons. The fourth-order valence-corrected chi connectivity index (χ4v) is 8.06. The first-order chi connectivity index (χ1) is 23.6. The minimum atomic E-state index is -0.992. The average molecular weight is 705 g/mol. The second-order valence-electron chi connectivity index (χ2n) is 13.3. The molecule has 3 aromatic carbocycles. The maximum absolute atomic E-state index is 14.2. The Morgan fingerprint density at radius 2 is 1.29 bits per heavy atom. The fraction of sp³-hybridized carbons (Fsp3) is 0.462. The summed E-state index contributed by atoms with van der Waals surface area (Å²) in [6.07, 6.45) is 5.38. The summed E-state index contributed by atoms with van der Waals surface area (Å²) >= 11 is 3.19. The number of carbonyl (C=O) groups excluding carboxylic acids is 3. The molecule has 49 heavy (non-hydrogen) atoms. The quantitative estimate of drug-likeness (QED) is 0.148. The van der Waals surface area contributed by atoms with E-state index in [-0.39, 0.29) is 11.7 Å². The monoisotopic (exact) mass is 704 g/mol. The summed E-state index contributed by atoms with van der Waals surface area (Å²) in [7, 11) is 0. The van der Waals surface area contributed by atoms with Gasteiger partial charge in [0.1, 0.15) is 17.7 Å². The van der Waals surface area contributed by atoms with Crippen LogP contribution >= 0.6 is 23.5 Å². The summed E-state index contributed by atoms with van der Waals surface area (Å²) < 4.78 is 4.90. The van der Waals surface area contributed by atoms with Gasteiger partial charge < -0.3 is 25.6 Å². The number of likely N-dealkylation sites (tertiary alicyclic amines) is 1. The number of piperidine rings is 1. The van der Waals surface area contributed by atoms with Gasteiger partial charge in [-0.05, 0) is 81.8 Å². The smallest absolute Gasteiger partial charge is 0.408 e. The molecule has 0 aliphatic carbocycles. The molecule has 1 heterocycles. The van der Waals surface area contributed by atoms with Crippen LogP contribution in [0.3, 0.4) is 0 Å². The van der Waals surface area contributed by atoms with Crippen molar-refractivity contribution in [1.82, 2.24) is 20.9 Å². The zero-order chi connectivity index (χ0) is 35.1. The summed E-state index contributed by atoms with van der Waals surface area (Å²) in [5, 5.41) is 8.91. The van der Waals surface area contributed by atoms with Crippen LogP contribution in [0.1, 0.15) is 63.1 Å². The number of hydrogen-bond acceptors (Lipinski definition) is 7. The number of nitrogens with one attached hydrogen (secondary N) is 3. The van der Waals surface area contributed by atoms with Crippen LogP contribution in [0.4, 0.5) is 4.79 Å². The first-order valence-corrected chi connectivity index (χ1v) is 19.6. The van der Waals surface area contributed by atoms with Crippen molar-refractivity contribution in [2.45, 2.75) is 68.9 Å². The topological polar surface area (TPSA) is 99.8 Å². The highest BCUT2D eigenvalue weighted by molar-refractivity contribution is 8.00. The molecule has 0 radical (unpaired) electrons. The van der Waals surface area contributed by atoms with E-state index in [0.717, 1.165) is 36.3 Å². The van der Waals surface area contributed by atoms with Gasteiger partial charge in [-0.1, -0.05) is 97.4 Å². The third-order valence-electron chi connectivity index (χ3n) is 8.43. The van der Waals surface area contributed by atoms with Gasteiger partial charge in [-0.2, -0.15) is 11.8 Å². The number of hydrogen-bond donors (Lipinski definition) is 3. The summed E-state index contributed by atoms with van der Waals surface area (Å²) in [6.45, 7) is 8.77. The highest BCUT2D eigenvalue weighted by atomic mass is 32.2. The van der Waals surface area contributed by atoms with Gasteiger partial charge in [0, 0.05) is 18.8 Å². The zero-order valence-electron chi connectivity index (χ0n) is 29.3. The van der Waals surface area contributed by atoms with E-state index in [1.54, 1.807) is 44.3 Å². The lowest BCUT2D eigenvalue weighted by molar-refractivity contribution is -0.129. The third kappa shape index (κ3) is 11.5. The Morgan fingerprint density at radius 3 is 1.78 bits per heavy atom. The maximum Gasteiger partial charge on any atom is 0.408 e. The standard InChI is InChI=1S/C39H52N4O4S2/c1-38(2,3)47-37(46)42-34(36(45)41-33(23-28-48-4)35(44)40-24-27-43-25-15-8-16-26-43)29-49-39(30-17-9-5-10-18-30,31-19-11-6-12-20-31)32-21-13-7-14-22-32/h5-7,9-14,17-22,33-34H,8,15-16,23-29H2,1-4H3,(H,40,44)(H,41,45)(H,42,46)/t33-,34-/m0/s1. The Labute approximate surface area is 300 Å². The molecule has 1 aliphatic rings. The van der Waals surface area contributed by atoms with Crippen LogP contribution in [0.15, 0.2) is 91.0 Å². The molecule has 1 saturated heterocycles. The van der Waals surface area contributed by atoms with Crippen molar-refractivity contribution >= 4 is 41.4 Å². The van der Waals surface area contributed by atoms with Crippen LogP contribution in [0, 0.1) is 0 Å². The van der Waals surface area contributed by atoms with Crippen LogP contribution in [-0.2, 0) is 19.1 Å². The second-order valence-corrected chi connectivity index (χ2v) is 15.5. The molecular formula is C39H52N4O4S2. The molecule has 0 unspecified atom stereocenters. The number of ether oxygens (including phenoxy) is 1. The van der Waals surface area contributed by atoms with Crippen molar-refractivity contribution in [3.63, 3.8) is 0 Å². The van der Waals surface area contributed by atoms with E-state index in [1.807, 2.05) is 60.9 Å². The van der Waals surface area contributed by atoms with Crippen molar-refractivity contribution in [3.05, 3.63) is 108 Å². The summed E-state index contributed by atoms with van der Waals surface area (Å²) in [4.78, 5) is 43.2. The number of thioether (sulfide) groups is 2. The Kier molecular flexibility index (Phi) is 14.9. The normalized spacial score (nSPS) is 15.1. The van der Waals surface area contributed by atoms with Crippen molar-refractivity contribution in [1.29, 1.82) is 0 Å². The number of benzene rings is 3. The molecule has 0 saturated carbocycles.